The van der Waals surface area contributed by atoms with E-state index in [1.54, 1.807) is 18.3 Å². The molecule has 0 aliphatic rings. The summed E-state index contributed by atoms with van der Waals surface area (Å²) in [6, 6.07) is 3.49. The number of halogens is 1. The van der Waals surface area contributed by atoms with E-state index in [0.717, 1.165) is 10.3 Å². The van der Waals surface area contributed by atoms with Crippen LogP contribution in [0, 0.1) is 0 Å². The third-order valence-electron chi connectivity index (χ3n) is 0.751. The highest BCUT2D eigenvalue weighted by atomic mass is 79.9. The van der Waals surface area contributed by atoms with Crippen LogP contribution >= 0.6 is 15.9 Å². The Morgan fingerprint density at radius 2 is 2.10 bits per heavy atom. The van der Waals surface area contributed by atoms with E-state index in [1.165, 1.54) is 0 Å². The van der Waals surface area contributed by atoms with Crippen LogP contribution in [0.3, 0.4) is 0 Å². The van der Waals surface area contributed by atoms with Gasteiger partial charge in [0.1, 0.15) is 4.60 Å². The maximum Gasteiger partial charge on any atom is 0.108 e. The molecule has 0 fully saturated rings. The molecule has 1 aromatic heterocycles. The highest BCUT2D eigenvalue weighted by molar-refractivity contribution is 9.10. The lowest BCUT2D eigenvalue weighted by Crippen LogP contribution is -1.83. The standard InChI is InChI=1S/C5H5BrN2.C2H6/c6-5-3-4(7)1-2-8-5;1-2/h1-3H,(H2,7,8);1-2H3. The van der Waals surface area contributed by atoms with Crippen LogP contribution in [0.4, 0.5) is 5.69 Å². The average molecular weight is 203 g/mol. The van der Waals surface area contributed by atoms with Crippen molar-refractivity contribution in [2.45, 2.75) is 13.8 Å². The SMILES string of the molecule is CC.Nc1ccnc(Br)c1. The molecule has 3 heteroatoms. The van der Waals surface area contributed by atoms with Crippen LogP contribution < -0.4 is 5.73 Å². The van der Waals surface area contributed by atoms with Crippen LogP contribution in [-0.2, 0) is 0 Å². The number of rotatable bonds is 0. The largest absolute Gasteiger partial charge is 0.399 e. The molecule has 56 valence electrons. The van der Waals surface area contributed by atoms with Crippen molar-refractivity contribution >= 4 is 21.6 Å². The number of hydrogen-bond acceptors (Lipinski definition) is 2. The lowest BCUT2D eigenvalue weighted by atomic mass is 10.4. The first-order chi connectivity index (χ1) is 4.79. The summed E-state index contributed by atoms with van der Waals surface area (Å²) >= 11 is 3.17. The minimum absolute atomic E-state index is 0.729. The molecule has 0 saturated heterocycles. The Labute approximate surface area is 69.6 Å². The second kappa shape index (κ2) is 5.23. The van der Waals surface area contributed by atoms with Gasteiger partial charge in [-0.25, -0.2) is 4.98 Å². The fourth-order valence-electron chi connectivity index (χ4n) is 0.417. The van der Waals surface area contributed by atoms with E-state index < -0.39 is 0 Å². The normalized spacial score (nSPS) is 7.90. The Morgan fingerprint density at radius 1 is 1.50 bits per heavy atom. The van der Waals surface area contributed by atoms with Gasteiger partial charge in [0.15, 0.2) is 0 Å². The van der Waals surface area contributed by atoms with Crippen LogP contribution in [0.5, 0.6) is 0 Å². The molecule has 0 atom stereocenters. The van der Waals surface area contributed by atoms with Crippen LogP contribution in [0.1, 0.15) is 13.8 Å². The van der Waals surface area contributed by atoms with Gasteiger partial charge in [-0.05, 0) is 28.1 Å². The molecule has 1 rings (SSSR count). The van der Waals surface area contributed by atoms with E-state index in [-0.39, 0.29) is 0 Å². The second-order valence-electron chi connectivity index (χ2n) is 1.41. The lowest BCUT2D eigenvalue weighted by molar-refractivity contribution is 1.28. The first kappa shape index (κ1) is 9.43. The van der Waals surface area contributed by atoms with Gasteiger partial charge in [0.25, 0.3) is 0 Å². The minimum atomic E-state index is 0.729. The van der Waals surface area contributed by atoms with E-state index in [1.807, 2.05) is 13.8 Å². The van der Waals surface area contributed by atoms with Crippen LogP contribution in [0.25, 0.3) is 0 Å². The Kier molecular flexibility index (Phi) is 4.94. The summed E-state index contributed by atoms with van der Waals surface area (Å²) < 4.78 is 0.775. The summed E-state index contributed by atoms with van der Waals surface area (Å²) in [5, 5.41) is 0. The minimum Gasteiger partial charge on any atom is -0.399 e. The lowest BCUT2D eigenvalue weighted by Gasteiger charge is -1.88. The molecular formula is C7H11BrN2. The molecule has 0 radical (unpaired) electrons. The van der Waals surface area contributed by atoms with E-state index >= 15 is 0 Å². The predicted molar refractivity (Wildman–Crippen MR) is 47.7 cm³/mol. The summed E-state index contributed by atoms with van der Waals surface area (Å²) in [5.74, 6) is 0. The summed E-state index contributed by atoms with van der Waals surface area (Å²) in [6.07, 6.45) is 1.65. The predicted octanol–water partition coefficient (Wildman–Crippen LogP) is 2.45. The first-order valence-corrected chi connectivity index (χ1v) is 3.95. The van der Waals surface area contributed by atoms with Crippen LogP contribution in [0.2, 0.25) is 0 Å². The van der Waals surface area contributed by atoms with Gasteiger partial charge in [0, 0.05) is 11.9 Å². The summed E-state index contributed by atoms with van der Waals surface area (Å²) in [7, 11) is 0. The van der Waals surface area contributed by atoms with Crippen molar-refractivity contribution in [2.75, 3.05) is 5.73 Å². The maximum atomic E-state index is 5.39. The Bertz CT molecular complexity index is 171. The van der Waals surface area contributed by atoms with Gasteiger partial charge in [0.05, 0.1) is 0 Å². The van der Waals surface area contributed by atoms with E-state index in [9.17, 15) is 0 Å². The highest BCUT2D eigenvalue weighted by Crippen LogP contribution is 2.07. The Morgan fingerprint density at radius 3 is 2.40 bits per heavy atom. The van der Waals surface area contributed by atoms with Gasteiger partial charge in [-0.15, -0.1) is 0 Å². The van der Waals surface area contributed by atoms with Crippen molar-refractivity contribution in [1.82, 2.24) is 4.98 Å². The van der Waals surface area contributed by atoms with Crippen molar-refractivity contribution in [3.05, 3.63) is 22.9 Å². The number of pyridine rings is 1. The number of aromatic nitrogens is 1. The van der Waals surface area contributed by atoms with Crippen molar-refractivity contribution in [2.24, 2.45) is 0 Å². The zero-order chi connectivity index (χ0) is 7.98. The van der Waals surface area contributed by atoms with E-state index in [0.29, 0.717) is 0 Å². The molecule has 2 N–H and O–H groups in total. The smallest absolute Gasteiger partial charge is 0.108 e. The fourth-order valence-corrected chi connectivity index (χ4v) is 0.800. The van der Waals surface area contributed by atoms with E-state index in [2.05, 4.69) is 20.9 Å². The third kappa shape index (κ3) is 3.45. The third-order valence-corrected chi connectivity index (χ3v) is 1.18. The number of hydrogen-bond donors (Lipinski definition) is 1. The van der Waals surface area contributed by atoms with Crippen molar-refractivity contribution in [3.8, 4) is 0 Å². The van der Waals surface area contributed by atoms with Gasteiger partial charge in [-0.3, -0.25) is 0 Å². The van der Waals surface area contributed by atoms with Crippen LogP contribution in [0.15, 0.2) is 22.9 Å². The monoisotopic (exact) mass is 202 g/mol. The van der Waals surface area contributed by atoms with Gasteiger partial charge in [-0.2, -0.15) is 0 Å². The molecule has 0 amide bonds. The number of anilines is 1. The molecule has 0 aliphatic heterocycles. The number of nitrogens with two attached hydrogens (primary N) is 1. The molecule has 0 spiro atoms. The molecule has 0 bridgehead atoms. The van der Waals surface area contributed by atoms with Gasteiger partial charge < -0.3 is 5.73 Å². The number of nitrogen functional groups attached to an aromatic ring is 1. The molecule has 2 nitrogen and oxygen atoms in total. The zero-order valence-corrected chi connectivity index (χ0v) is 7.72. The second-order valence-corrected chi connectivity index (χ2v) is 2.22. The topological polar surface area (TPSA) is 38.9 Å². The van der Waals surface area contributed by atoms with Crippen LogP contribution in [-0.4, -0.2) is 4.98 Å². The Hall–Kier alpha value is -0.570. The first-order valence-electron chi connectivity index (χ1n) is 3.16. The average Bonchev–Trinajstić information content (AvgIpc) is 1.91. The molecule has 0 aliphatic carbocycles. The van der Waals surface area contributed by atoms with Crippen molar-refractivity contribution < 1.29 is 0 Å². The van der Waals surface area contributed by atoms with Crippen molar-refractivity contribution in [3.63, 3.8) is 0 Å². The van der Waals surface area contributed by atoms with Gasteiger partial charge in [0.2, 0.25) is 0 Å². The number of nitrogens with zero attached hydrogens (tertiary/aromatic N) is 1. The van der Waals surface area contributed by atoms with Gasteiger partial charge in [-0.1, -0.05) is 13.8 Å². The maximum absolute atomic E-state index is 5.39. The summed E-state index contributed by atoms with van der Waals surface area (Å²) in [4.78, 5) is 3.88. The van der Waals surface area contributed by atoms with Crippen molar-refractivity contribution in [1.29, 1.82) is 0 Å². The molecule has 0 saturated carbocycles. The Balaban J connectivity index is 0.000000371. The molecule has 0 aromatic carbocycles. The quantitative estimate of drug-likeness (QED) is 0.657. The molecule has 1 heterocycles. The van der Waals surface area contributed by atoms with Gasteiger partial charge >= 0.3 is 0 Å². The molecule has 0 unspecified atom stereocenters. The molecule has 1 aromatic rings. The summed E-state index contributed by atoms with van der Waals surface area (Å²) in [5.41, 5.74) is 6.12. The van der Waals surface area contributed by atoms with E-state index in [4.69, 9.17) is 5.73 Å². The summed E-state index contributed by atoms with van der Waals surface area (Å²) in [6.45, 7) is 4.00. The fraction of sp³-hybridized carbons (Fsp3) is 0.286. The molecule has 10 heavy (non-hydrogen) atoms. The zero-order valence-electron chi connectivity index (χ0n) is 6.13. The molecular weight excluding hydrogens is 192 g/mol. The highest BCUT2D eigenvalue weighted by Gasteiger charge is 1.84.